The van der Waals surface area contributed by atoms with Crippen LogP contribution in [0.25, 0.3) is 0 Å². The van der Waals surface area contributed by atoms with Crippen molar-refractivity contribution in [1.29, 1.82) is 5.26 Å². The van der Waals surface area contributed by atoms with Crippen LogP contribution in [0.1, 0.15) is 11.1 Å². The van der Waals surface area contributed by atoms with Crippen molar-refractivity contribution in [1.82, 2.24) is 0 Å². The quantitative estimate of drug-likeness (QED) is 0.816. The first-order chi connectivity index (χ1) is 10.3. The summed E-state index contributed by atoms with van der Waals surface area (Å²) in [5.74, 6) is -0.495. The monoisotopic (exact) mass is 284 g/mol. The zero-order valence-corrected chi connectivity index (χ0v) is 11.9. The van der Waals surface area contributed by atoms with Gasteiger partial charge in [-0.15, -0.1) is 0 Å². The van der Waals surface area contributed by atoms with Crippen LogP contribution < -0.4 is 4.90 Å². The molecule has 0 atom stereocenters. The molecule has 2 aromatic rings. The van der Waals surface area contributed by atoms with Crippen molar-refractivity contribution < 1.29 is 9.13 Å². The number of nitrogens with zero attached hydrogens (tertiary/aromatic N) is 2. The van der Waals surface area contributed by atoms with Crippen molar-refractivity contribution >= 4 is 5.69 Å². The Morgan fingerprint density at radius 3 is 2.57 bits per heavy atom. The Kier molecular flexibility index (Phi) is 5.30. The molecule has 0 unspecified atom stereocenters. The number of benzene rings is 2. The SMILES string of the molecule is COCCN(Cc1ccccc1)c1cccc(F)c1C#N. The van der Waals surface area contributed by atoms with Crippen LogP contribution in [0.15, 0.2) is 48.5 Å². The molecule has 0 fully saturated rings. The van der Waals surface area contributed by atoms with Gasteiger partial charge in [-0.05, 0) is 17.7 Å². The molecule has 0 saturated carbocycles. The van der Waals surface area contributed by atoms with Crippen LogP contribution in [0, 0.1) is 17.1 Å². The van der Waals surface area contributed by atoms with E-state index in [0.717, 1.165) is 5.56 Å². The number of nitriles is 1. The van der Waals surface area contributed by atoms with E-state index in [2.05, 4.69) is 0 Å². The fourth-order valence-corrected chi connectivity index (χ4v) is 2.18. The molecule has 0 aliphatic heterocycles. The van der Waals surface area contributed by atoms with Crippen LogP contribution in [0.3, 0.4) is 0 Å². The first-order valence-electron chi connectivity index (χ1n) is 6.72. The smallest absolute Gasteiger partial charge is 0.143 e. The van der Waals surface area contributed by atoms with Gasteiger partial charge in [-0.3, -0.25) is 0 Å². The molecule has 21 heavy (non-hydrogen) atoms. The molecule has 2 rings (SSSR count). The lowest BCUT2D eigenvalue weighted by atomic mass is 10.1. The van der Waals surface area contributed by atoms with Crippen LogP contribution in [0.2, 0.25) is 0 Å². The van der Waals surface area contributed by atoms with Crippen molar-refractivity contribution in [3.8, 4) is 6.07 Å². The Bertz CT molecular complexity index is 622. The highest BCUT2D eigenvalue weighted by Gasteiger charge is 2.15. The van der Waals surface area contributed by atoms with E-state index in [1.54, 1.807) is 19.2 Å². The van der Waals surface area contributed by atoms with Gasteiger partial charge in [0.05, 0.1) is 12.3 Å². The third-order valence-electron chi connectivity index (χ3n) is 3.23. The van der Waals surface area contributed by atoms with Crippen molar-refractivity contribution in [2.45, 2.75) is 6.54 Å². The standard InChI is InChI=1S/C17H17FN2O/c1-21-11-10-20(13-14-6-3-2-4-7-14)17-9-5-8-16(18)15(17)12-19/h2-9H,10-11,13H2,1H3. The summed E-state index contributed by atoms with van der Waals surface area (Å²) in [7, 11) is 1.62. The fraction of sp³-hybridized carbons (Fsp3) is 0.235. The lowest BCUT2D eigenvalue weighted by Gasteiger charge is -2.25. The Morgan fingerprint density at radius 2 is 1.90 bits per heavy atom. The average molecular weight is 284 g/mol. The number of methoxy groups -OCH3 is 1. The van der Waals surface area contributed by atoms with Gasteiger partial charge < -0.3 is 9.64 Å². The summed E-state index contributed by atoms with van der Waals surface area (Å²) >= 11 is 0. The van der Waals surface area contributed by atoms with E-state index in [1.165, 1.54) is 6.07 Å². The molecule has 0 radical (unpaired) electrons. The molecular weight excluding hydrogens is 267 g/mol. The maximum absolute atomic E-state index is 13.8. The Labute approximate surface area is 124 Å². The van der Waals surface area contributed by atoms with E-state index in [4.69, 9.17) is 4.74 Å². The second kappa shape index (κ2) is 7.41. The number of anilines is 1. The van der Waals surface area contributed by atoms with Gasteiger partial charge in [0.15, 0.2) is 0 Å². The molecule has 0 aliphatic rings. The van der Waals surface area contributed by atoms with Gasteiger partial charge in [0, 0.05) is 20.2 Å². The predicted molar refractivity (Wildman–Crippen MR) is 80.5 cm³/mol. The van der Waals surface area contributed by atoms with Gasteiger partial charge in [0.1, 0.15) is 17.4 Å². The second-order valence-corrected chi connectivity index (χ2v) is 4.65. The molecule has 2 aromatic carbocycles. The molecule has 0 N–H and O–H groups in total. The van der Waals surface area contributed by atoms with Crippen LogP contribution in [0.4, 0.5) is 10.1 Å². The van der Waals surface area contributed by atoms with Crippen molar-refractivity contribution in [3.05, 3.63) is 65.5 Å². The number of halogens is 1. The maximum Gasteiger partial charge on any atom is 0.143 e. The minimum absolute atomic E-state index is 0.0736. The van der Waals surface area contributed by atoms with E-state index in [0.29, 0.717) is 25.4 Å². The van der Waals surface area contributed by atoms with E-state index >= 15 is 0 Å². The summed E-state index contributed by atoms with van der Waals surface area (Å²) in [5, 5.41) is 9.19. The molecule has 0 heterocycles. The molecule has 108 valence electrons. The summed E-state index contributed by atoms with van der Waals surface area (Å²) in [6.07, 6.45) is 0. The lowest BCUT2D eigenvalue weighted by Crippen LogP contribution is -2.27. The first-order valence-corrected chi connectivity index (χ1v) is 6.72. The van der Waals surface area contributed by atoms with Gasteiger partial charge in [-0.2, -0.15) is 5.26 Å². The molecule has 0 saturated heterocycles. The second-order valence-electron chi connectivity index (χ2n) is 4.65. The molecule has 0 bridgehead atoms. The van der Waals surface area contributed by atoms with Gasteiger partial charge in [-0.1, -0.05) is 36.4 Å². The molecular formula is C17H17FN2O. The molecule has 3 nitrogen and oxygen atoms in total. The highest BCUT2D eigenvalue weighted by molar-refractivity contribution is 5.60. The minimum atomic E-state index is -0.495. The van der Waals surface area contributed by atoms with Gasteiger partial charge >= 0.3 is 0 Å². The third-order valence-corrected chi connectivity index (χ3v) is 3.23. The van der Waals surface area contributed by atoms with Crippen LogP contribution in [-0.4, -0.2) is 20.3 Å². The topological polar surface area (TPSA) is 36.3 Å². The van der Waals surface area contributed by atoms with Crippen molar-refractivity contribution in [2.75, 3.05) is 25.2 Å². The fourth-order valence-electron chi connectivity index (χ4n) is 2.18. The predicted octanol–water partition coefficient (Wildman–Crippen LogP) is 3.35. The zero-order chi connectivity index (χ0) is 15.1. The summed E-state index contributed by atoms with van der Waals surface area (Å²) in [6.45, 7) is 1.69. The van der Waals surface area contributed by atoms with E-state index in [9.17, 15) is 9.65 Å². The van der Waals surface area contributed by atoms with E-state index in [1.807, 2.05) is 41.3 Å². The van der Waals surface area contributed by atoms with E-state index < -0.39 is 5.82 Å². The van der Waals surface area contributed by atoms with Crippen LogP contribution in [-0.2, 0) is 11.3 Å². The maximum atomic E-state index is 13.8. The normalized spacial score (nSPS) is 10.1. The Hall–Kier alpha value is -2.38. The largest absolute Gasteiger partial charge is 0.383 e. The first kappa shape index (κ1) is 15.0. The van der Waals surface area contributed by atoms with Crippen molar-refractivity contribution in [2.24, 2.45) is 0 Å². The van der Waals surface area contributed by atoms with Gasteiger partial charge in [0.25, 0.3) is 0 Å². The molecule has 0 spiro atoms. The molecule has 0 aliphatic carbocycles. The molecule has 0 aromatic heterocycles. The zero-order valence-electron chi connectivity index (χ0n) is 11.9. The highest BCUT2D eigenvalue weighted by Crippen LogP contribution is 2.24. The van der Waals surface area contributed by atoms with Gasteiger partial charge in [-0.25, -0.2) is 4.39 Å². The highest BCUT2D eigenvalue weighted by atomic mass is 19.1. The number of rotatable bonds is 6. The molecule has 4 heteroatoms. The summed E-state index contributed by atoms with van der Waals surface area (Å²) in [6, 6.07) is 16.5. The van der Waals surface area contributed by atoms with Gasteiger partial charge in [0.2, 0.25) is 0 Å². The average Bonchev–Trinajstić information content (AvgIpc) is 2.52. The van der Waals surface area contributed by atoms with E-state index in [-0.39, 0.29) is 5.56 Å². The molecule has 0 amide bonds. The number of hydrogen-bond donors (Lipinski definition) is 0. The lowest BCUT2D eigenvalue weighted by molar-refractivity contribution is 0.205. The summed E-state index contributed by atoms with van der Waals surface area (Å²) in [5.41, 5.74) is 1.77. The number of hydrogen-bond acceptors (Lipinski definition) is 3. The van der Waals surface area contributed by atoms with Crippen LogP contribution in [0.5, 0.6) is 0 Å². The van der Waals surface area contributed by atoms with Crippen LogP contribution >= 0.6 is 0 Å². The summed E-state index contributed by atoms with van der Waals surface area (Å²) < 4.78 is 18.9. The third kappa shape index (κ3) is 3.80. The minimum Gasteiger partial charge on any atom is -0.383 e. The Morgan fingerprint density at radius 1 is 1.14 bits per heavy atom. The Balaban J connectivity index is 2.32. The van der Waals surface area contributed by atoms with Crippen molar-refractivity contribution in [3.63, 3.8) is 0 Å². The summed E-state index contributed by atoms with van der Waals surface area (Å²) in [4.78, 5) is 1.96. The number of ether oxygens (including phenoxy) is 1.